The summed E-state index contributed by atoms with van der Waals surface area (Å²) in [6.07, 6.45) is 2.10. The number of ether oxygens (including phenoxy) is 1. The zero-order valence-corrected chi connectivity index (χ0v) is 15.6. The minimum absolute atomic E-state index is 0.0717. The predicted octanol–water partition coefficient (Wildman–Crippen LogP) is 4.20. The number of para-hydroxylation sites is 1. The Bertz CT molecular complexity index is 928. The molecule has 0 saturated heterocycles. The molecule has 2 aromatic carbocycles. The van der Waals surface area contributed by atoms with Crippen LogP contribution in [0.25, 0.3) is 10.9 Å². The van der Waals surface area contributed by atoms with Gasteiger partial charge in [0.05, 0.1) is 7.11 Å². The Morgan fingerprint density at radius 3 is 2.48 bits per heavy atom. The molecule has 0 aliphatic heterocycles. The smallest absolute Gasteiger partial charge is 0.374 e. The molecule has 25 heavy (non-hydrogen) atoms. The molecule has 0 aliphatic carbocycles. The summed E-state index contributed by atoms with van der Waals surface area (Å²) in [5.41, 5.74) is 3.10. The Balaban J connectivity index is 2.11. The van der Waals surface area contributed by atoms with Gasteiger partial charge in [-0.3, -0.25) is 4.79 Å². The van der Waals surface area contributed by atoms with Crippen molar-refractivity contribution < 1.29 is 14.3 Å². The van der Waals surface area contributed by atoms with Crippen LogP contribution in [-0.4, -0.2) is 23.4 Å². The number of hydrogen-bond acceptors (Lipinski definition) is 3. The summed E-state index contributed by atoms with van der Waals surface area (Å²) in [7, 11) is 3.21. The van der Waals surface area contributed by atoms with Gasteiger partial charge in [0.15, 0.2) is 0 Å². The van der Waals surface area contributed by atoms with Crippen LogP contribution in [0.1, 0.15) is 23.5 Å². The van der Waals surface area contributed by atoms with E-state index < -0.39 is 11.8 Å². The molecular weight excluding hydrogens is 382 g/mol. The van der Waals surface area contributed by atoms with Crippen LogP contribution in [0.2, 0.25) is 0 Å². The highest BCUT2D eigenvalue weighted by atomic mass is 79.9. The summed E-state index contributed by atoms with van der Waals surface area (Å²) in [4.78, 5) is 23.9. The third-order valence-electron chi connectivity index (χ3n) is 4.38. The standard InChI is InChI=1S/C20H18BrNO3/c1-22-12-17(15-5-3-4-6-18(15)22)16(11-19(23)20(24)25-2)13-7-9-14(21)10-8-13/h3-10,12,16H,11H2,1-2H3/t16-/m0/s1. The lowest BCUT2D eigenvalue weighted by molar-refractivity contribution is -0.151. The average Bonchev–Trinajstić information content (AvgIpc) is 2.96. The van der Waals surface area contributed by atoms with Crippen molar-refractivity contribution in [1.82, 2.24) is 4.57 Å². The quantitative estimate of drug-likeness (QED) is 0.476. The molecule has 0 saturated carbocycles. The van der Waals surface area contributed by atoms with Gasteiger partial charge < -0.3 is 9.30 Å². The first kappa shape index (κ1) is 17.4. The Kier molecular flexibility index (Phi) is 5.04. The Morgan fingerprint density at radius 1 is 1.12 bits per heavy atom. The number of nitrogens with zero attached hydrogens (tertiary/aromatic N) is 1. The van der Waals surface area contributed by atoms with Crippen molar-refractivity contribution in [3.63, 3.8) is 0 Å². The van der Waals surface area contributed by atoms with Gasteiger partial charge in [-0.05, 0) is 29.3 Å². The maximum Gasteiger partial charge on any atom is 0.374 e. The fourth-order valence-electron chi connectivity index (χ4n) is 3.14. The summed E-state index contributed by atoms with van der Waals surface area (Å²) in [5.74, 6) is -1.54. The highest BCUT2D eigenvalue weighted by Crippen LogP contribution is 2.35. The molecule has 3 rings (SSSR count). The SMILES string of the molecule is COC(=O)C(=O)C[C@@H](c1ccc(Br)cc1)c1cn(C)c2ccccc12. The number of hydrogen-bond donors (Lipinski definition) is 0. The lowest BCUT2D eigenvalue weighted by Crippen LogP contribution is -2.19. The van der Waals surface area contributed by atoms with Crippen LogP contribution in [0.3, 0.4) is 0 Å². The van der Waals surface area contributed by atoms with Crippen LogP contribution in [0.15, 0.2) is 59.2 Å². The molecule has 0 aliphatic rings. The highest BCUT2D eigenvalue weighted by molar-refractivity contribution is 9.10. The molecule has 0 spiro atoms. The van der Waals surface area contributed by atoms with E-state index in [0.29, 0.717) is 0 Å². The zero-order chi connectivity index (χ0) is 18.0. The minimum atomic E-state index is -0.803. The molecule has 1 heterocycles. The molecule has 128 valence electrons. The fourth-order valence-corrected chi connectivity index (χ4v) is 3.40. The zero-order valence-electron chi connectivity index (χ0n) is 14.0. The number of methoxy groups -OCH3 is 1. The van der Waals surface area contributed by atoms with Gasteiger partial charge in [-0.1, -0.05) is 46.3 Å². The molecule has 0 radical (unpaired) electrons. The van der Waals surface area contributed by atoms with E-state index in [4.69, 9.17) is 0 Å². The number of aryl methyl sites for hydroxylation is 1. The molecule has 4 nitrogen and oxygen atoms in total. The third-order valence-corrected chi connectivity index (χ3v) is 4.91. The Hall–Kier alpha value is -2.40. The van der Waals surface area contributed by atoms with Gasteiger partial charge in [0, 0.05) is 41.0 Å². The minimum Gasteiger partial charge on any atom is -0.463 e. The maximum absolute atomic E-state index is 12.3. The van der Waals surface area contributed by atoms with Gasteiger partial charge >= 0.3 is 5.97 Å². The van der Waals surface area contributed by atoms with E-state index in [0.717, 1.165) is 26.5 Å². The van der Waals surface area contributed by atoms with Crippen LogP contribution in [-0.2, 0) is 21.4 Å². The van der Waals surface area contributed by atoms with Gasteiger partial charge in [0.25, 0.3) is 0 Å². The second-order valence-electron chi connectivity index (χ2n) is 5.94. The topological polar surface area (TPSA) is 48.3 Å². The van der Waals surface area contributed by atoms with Crippen LogP contribution < -0.4 is 0 Å². The van der Waals surface area contributed by atoms with Crippen LogP contribution in [0, 0.1) is 0 Å². The van der Waals surface area contributed by atoms with Crippen molar-refractivity contribution >= 4 is 38.6 Å². The lowest BCUT2D eigenvalue weighted by Gasteiger charge is -2.16. The first-order chi connectivity index (χ1) is 12.0. The summed E-state index contributed by atoms with van der Waals surface area (Å²) < 4.78 is 7.60. The van der Waals surface area contributed by atoms with Gasteiger partial charge in [0.2, 0.25) is 5.78 Å². The van der Waals surface area contributed by atoms with Crippen molar-refractivity contribution in [2.45, 2.75) is 12.3 Å². The number of aromatic nitrogens is 1. The summed E-state index contributed by atoms with van der Waals surface area (Å²) in [5, 5.41) is 1.08. The molecule has 0 amide bonds. The first-order valence-electron chi connectivity index (χ1n) is 7.92. The highest BCUT2D eigenvalue weighted by Gasteiger charge is 2.25. The summed E-state index contributed by atoms with van der Waals surface area (Å²) in [6, 6.07) is 15.9. The number of rotatable bonds is 5. The molecule has 1 aromatic heterocycles. The van der Waals surface area contributed by atoms with E-state index >= 15 is 0 Å². The number of halogens is 1. The van der Waals surface area contributed by atoms with Gasteiger partial charge in [0.1, 0.15) is 0 Å². The molecule has 0 fully saturated rings. The van der Waals surface area contributed by atoms with Crippen LogP contribution in [0.5, 0.6) is 0 Å². The predicted molar refractivity (Wildman–Crippen MR) is 101 cm³/mol. The van der Waals surface area contributed by atoms with Crippen molar-refractivity contribution in [3.8, 4) is 0 Å². The monoisotopic (exact) mass is 399 g/mol. The normalized spacial score (nSPS) is 12.1. The number of fused-ring (bicyclic) bond motifs is 1. The van der Waals surface area contributed by atoms with Gasteiger partial charge in [-0.15, -0.1) is 0 Å². The number of carbonyl (C=O) groups is 2. The molecule has 3 aromatic rings. The van der Waals surface area contributed by atoms with Crippen molar-refractivity contribution in [1.29, 1.82) is 0 Å². The first-order valence-corrected chi connectivity index (χ1v) is 8.71. The molecule has 0 unspecified atom stereocenters. The molecule has 5 heteroatoms. The van der Waals surface area contributed by atoms with Crippen molar-refractivity contribution in [2.75, 3.05) is 7.11 Å². The van der Waals surface area contributed by atoms with Crippen LogP contribution in [0.4, 0.5) is 0 Å². The number of Topliss-reactive ketones (excluding diaryl/α,β-unsaturated/α-hetero) is 1. The molecule has 0 N–H and O–H groups in total. The van der Waals surface area contributed by atoms with E-state index in [1.165, 1.54) is 7.11 Å². The second-order valence-corrected chi connectivity index (χ2v) is 6.85. The molecular formula is C20H18BrNO3. The van der Waals surface area contributed by atoms with Crippen molar-refractivity contribution in [3.05, 3.63) is 70.3 Å². The molecule has 1 atom stereocenters. The average molecular weight is 400 g/mol. The van der Waals surface area contributed by atoms with E-state index in [9.17, 15) is 9.59 Å². The lowest BCUT2D eigenvalue weighted by atomic mass is 9.87. The Morgan fingerprint density at radius 2 is 1.80 bits per heavy atom. The van der Waals surface area contributed by atoms with E-state index in [-0.39, 0.29) is 12.3 Å². The third kappa shape index (κ3) is 3.51. The maximum atomic E-state index is 12.3. The summed E-state index contributed by atoms with van der Waals surface area (Å²) >= 11 is 3.43. The van der Waals surface area contributed by atoms with Crippen molar-refractivity contribution in [2.24, 2.45) is 7.05 Å². The molecule has 0 bridgehead atoms. The van der Waals surface area contributed by atoms with E-state index in [2.05, 4.69) is 20.7 Å². The van der Waals surface area contributed by atoms with Crippen LogP contribution >= 0.6 is 15.9 Å². The number of esters is 1. The Labute approximate surface area is 154 Å². The van der Waals surface area contributed by atoms with Gasteiger partial charge in [-0.25, -0.2) is 4.79 Å². The van der Waals surface area contributed by atoms with E-state index in [1.54, 1.807) is 0 Å². The summed E-state index contributed by atoms with van der Waals surface area (Å²) in [6.45, 7) is 0. The number of benzene rings is 2. The van der Waals surface area contributed by atoms with E-state index in [1.807, 2.05) is 66.3 Å². The fraction of sp³-hybridized carbons (Fsp3) is 0.200. The largest absolute Gasteiger partial charge is 0.463 e. The van der Waals surface area contributed by atoms with Gasteiger partial charge in [-0.2, -0.15) is 0 Å². The number of carbonyl (C=O) groups excluding carboxylic acids is 2. The second kappa shape index (κ2) is 7.23. The number of ketones is 1.